The van der Waals surface area contributed by atoms with Crippen molar-refractivity contribution in [1.82, 2.24) is 0 Å². The van der Waals surface area contributed by atoms with Crippen LogP contribution in [-0.2, 0) is 16.0 Å². The zero-order valence-corrected chi connectivity index (χ0v) is 19.8. The normalized spacial score (nSPS) is 18.8. The van der Waals surface area contributed by atoms with Crippen molar-refractivity contribution >= 4 is 23.1 Å². The quantitative estimate of drug-likeness (QED) is 0.570. The average Bonchev–Trinajstić information content (AvgIpc) is 2.80. The van der Waals surface area contributed by atoms with Crippen molar-refractivity contribution in [2.75, 3.05) is 22.9 Å². The van der Waals surface area contributed by atoms with Gasteiger partial charge in [0.15, 0.2) is 5.78 Å². The third-order valence-electron chi connectivity index (χ3n) is 7.03. The number of hydrogen-bond acceptors (Lipinski definition) is 3. The van der Waals surface area contributed by atoms with Crippen LogP contribution in [0.3, 0.4) is 0 Å². The number of benzene rings is 2. The predicted octanol–water partition coefficient (Wildman–Crippen LogP) is 5.93. The van der Waals surface area contributed by atoms with Gasteiger partial charge in [-0.15, -0.1) is 0 Å². The zero-order chi connectivity index (χ0) is 22.8. The van der Waals surface area contributed by atoms with Gasteiger partial charge in [0.25, 0.3) is 0 Å². The first-order valence-electron chi connectivity index (χ1n) is 12.0. The van der Waals surface area contributed by atoms with Crippen molar-refractivity contribution in [3.63, 3.8) is 0 Å². The highest BCUT2D eigenvalue weighted by molar-refractivity contribution is 6.08. The van der Waals surface area contributed by atoms with Crippen molar-refractivity contribution in [3.05, 3.63) is 70.4 Å². The molecule has 1 unspecified atom stereocenters. The minimum atomic E-state index is -0.151. The number of carbonyl (C=O) groups excluding carboxylic acids is 2. The van der Waals surface area contributed by atoms with Gasteiger partial charge in [0.05, 0.1) is 5.69 Å². The summed E-state index contributed by atoms with van der Waals surface area (Å²) < 4.78 is 0. The van der Waals surface area contributed by atoms with Crippen LogP contribution in [0.4, 0.5) is 11.4 Å². The lowest BCUT2D eigenvalue weighted by Gasteiger charge is -2.39. The number of ketones is 1. The van der Waals surface area contributed by atoms with Crippen LogP contribution in [-0.4, -0.2) is 24.8 Å². The second kappa shape index (κ2) is 9.32. The van der Waals surface area contributed by atoms with Gasteiger partial charge < -0.3 is 4.90 Å². The number of carbonyl (C=O) groups is 2. The number of anilines is 2. The topological polar surface area (TPSA) is 40.6 Å². The molecule has 2 aromatic carbocycles. The van der Waals surface area contributed by atoms with E-state index >= 15 is 0 Å². The van der Waals surface area contributed by atoms with E-state index in [1.807, 2.05) is 11.0 Å². The Morgan fingerprint density at radius 2 is 1.69 bits per heavy atom. The highest BCUT2D eigenvalue weighted by Crippen LogP contribution is 2.45. The fourth-order valence-electron chi connectivity index (χ4n) is 5.37. The van der Waals surface area contributed by atoms with E-state index < -0.39 is 0 Å². The zero-order valence-electron chi connectivity index (χ0n) is 19.8. The maximum absolute atomic E-state index is 13.6. The number of nitrogens with zero attached hydrogens (tertiary/aromatic N) is 2. The fourth-order valence-corrected chi connectivity index (χ4v) is 5.37. The van der Waals surface area contributed by atoms with Crippen molar-refractivity contribution in [1.29, 1.82) is 0 Å². The first-order chi connectivity index (χ1) is 15.5. The maximum atomic E-state index is 13.6. The smallest absolute Gasteiger partial charge is 0.232 e. The molecule has 1 amide bonds. The lowest BCUT2D eigenvalue weighted by molar-refractivity contribution is -0.119. The number of amides is 1. The predicted molar refractivity (Wildman–Crippen MR) is 131 cm³/mol. The molecule has 0 fully saturated rings. The Bertz CT molecular complexity index is 1050. The Hall–Kier alpha value is -2.88. The van der Waals surface area contributed by atoms with E-state index in [0.29, 0.717) is 12.8 Å². The van der Waals surface area contributed by atoms with Crippen molar-refractivity contribution in [2.24, 2.45) is 0 Å². The Morgan fingerprint density at radius 1 is 0.969 bits per heavy atom. The van der Waals surface area contributed by atoms with Crippen molar-refractivity contribution in [3.8, 4) is 0 Å². The number of aryl methyl sites for hydroxylation is 2. The summed E-state index contributed by atoms with van der Waals surface area (Å²) in [7, 11) is 0. The average molecular weight is 431 g/mol. The van der Waals surface area contributed by atoms with Gasteiger partial charge >= 0.3 is 0 Å². The number of hydrogen-bond donors (Lipinski definition) is 0. The van der Waals surface area contributed by atoms with Crippen LogP contribution in [0.1, 0.15) is 69.1 Å². The minimum absolute atomic E-state index is 0.0975. The molecule has 0 saturated heterocycles. The van der Waals surface area contributed by atoms with E-state index in [0.717, 1.165) is 66.0 Å². The van der Waals surface area contributed by atoms with Crippen LogP contribution < -0.4 is 9.80 Å². The number of allylic oxidation sites excluding steroid dienone is 2. The summed E-state index contributed by atoms with van der Waals surface area (Å²) in [6, 6.07) is 14.7. The Morgan fingerprint density at radius 3 is 2.34 bits per heavy atom. The molecule has 168 valence electrons. The Balaban J connectivity index is 1.81. The van der Waals surface area contributed by atoms with Crippen LogP contribution in [0.25, 0.3) is 0 Å². The van der Waals surface area contributed by atoms with Gasteiger partial charge in [0, 0.05) is 48.8 Å². The molecule has 1 aliphatic heterocycles. The molecule has 1 aliphatic carbocycles. The first kappa shape index (κ1) is 22.3. The third-order valence-corrected chi connectivity index (χ3v) is 7.03. The van der Waals surface area contributed by atoms with Crippen molar-refractivity contribution < 1.29 is 9.59 Å². The maximum Gasteiger partial charge on any atom is 0.232 e. The molecule has 1 atom stereocenters. The van der Waals surface area contributed by atoms with Gasteiger partial charge in [-0.1, -0.05) is 37.3 Å². The molecule has 0 radical (unpaired) electrons. The van der Waals surface area contributed by atoms with Crippen LogP contribution >= 0.6 is 0 Å². The number of Topliss-reactive ketones (excluding diaryl/α,β-unsaturated/α-hetero) is 1. The summed E-state index contributed by atoms with van der Waals surface area (Å²) in [6.07, 6.45) is 3.35. The van der Waals surface area contributed by atoms with Gasteiger partial charge in [-0.3, -0.25) is 14.5 Å². The Labute approximate surface area is 191 Å². The summed E-state index contributed by atoms with van der Waals surface area (Å²) >= 11 is 0. The minimum Gasteiger partial charge on any atom is -0.372 e. The Kier molecular flexibility index (Phi) is 6.50. The largest absolute Gasteiger partial charge is 0.372 e. The summed E-state index contributed by atoms with van der Waals surface area (Å²) in [5, 5.41) is 0. The number of rotatable bonds is 6. The van der Waals surface area contributed by atoms with E-state index in [2.05, 4.69) is 69.0 Å². The molecule has 0 spiro atoms. The second-order valence-electron chi connectivity index (χ2n) is 8.82. The third kappa shape index (κ3) is 3.87. The molecule has 4 heteroatoms. The molecular weight excluding hydrogens is 396 g/mol. The highest BCUT2D eigenvalue weighted by atomic mass is 16.2. The van der Waals surface area contributed by atoms with Gasteiger partial charge in [-0.25, -0.2) is 0 Å². The molecule has 32 heavy (non-hydrogen) atoms. The van der Waals surface area contributed by atoms with Crippen LogP contribution in [0.2, 0.25) is 0 Å². The summed E-state index contributed by atoms with van der Waals surface area (Å²) in [5.74, 6) is 0.148. The summed E-state index contributed by atoms with van der Waals surface area (Å²) in [6.45, 7) is 10.4. The summed E-state index contributed by atoms with van der Waals surface area (Å²) in [4.78, 5) is 31.0. The van der Waals surface area contributed by atoms with E-state index in [-0.39, 0.29) is 17.6 Å². The molecule has 0 bridgehead atoms. The van der Waals surface area contributed by atoms with E-state index in [4.69, 9.17) is 0 Å². The SMILES string of the molecule is CCc1cccc(C)c1N1C(=O)CC(c2ccc(N(CC)CC)cc2)C2=C1CCCC2=O. The highest BCUT2D eigenvalue weighted by Gasteiger charge is 2.40. The molecule has 2 aliphatic rings. The molecular formula is C28H34N2O2. The molecule has 4 rings (SSSR count). The van der Waals surface area contributed by atoms with Crippen LogP contribution in [0, 0.1) is 6.92 Å². The standard InChI is InChI=1S/C28H34N2O2/c1-5-20-11-8-10-19(4)28(20)30-24-12-9-13-25(31)27(24)23(18-26(30)32)21-14-16-22(17-15-21)29(6-2)7-3/h8,10-11,14-17,23H,5-7,9,12-13,18H2,1-4H3. The molecule has 1 heterocycles. The van der Waals surface area contributed by atoms with Gasteiger partial charge in [0.2, 0.25) is 5.91 Å². The molecule has 0 aromatic heterocycles. The fraction of sp³-hybridized carbons (Fsp3) is 0.429. The lowest BCUT2D eigenvalue weighted by atomic mass is 9.77. The van der Waals surface area contributed by atoms with E-state index in [1.54, 1.807) is 0 Å². The molecule has 0 saturated carbocycles. The van der Waals surface area contributed by atoms with Gasteiger partial charge in [0.1, 0.15) is 0 Å². The monoisotopic (exact) mass is 430 g/mol. The van der Waals surface area contributed by atoms with Crippen LogP contribution in [0.5, 0.6) is 0 Å². The van der Waals surface area contributed by atoms with E-state index in [9.17, 15) is 9.59 Å². The van der Waals surface area contributed by atoms with E-state index in [1.165, 1.54) is 5.69 Å². The van der Waals surface area contributed by atoms with Crippen molar-refractivity contribution in [2.45, 2.75) is 65.7 Å². The van der Waals surface area contributed by atoms with Gasteiger partial charge in [-0.05, 0) is 68.9 Å². The number of para-hydroxylation sites is 1. The van der Waals surface area contributed by atoms with Gasteiger partial charge in [-0.2, -0.15) is 0 Å². The lowest BCUT2D eigenvalue weighted by Crippen LogP contribution is -2.41. The second-order valence-corrected chi connectivity index (χ2v) is 8.82. The summed E-state index contributed by atoms with van der Waals surface area (Å²) in [5.41, 5.74) is 7.26. The first-order valence-corrected chi connectivity index (χ1v) is 12.0. The molecule has 2 aromatic rings. The van der Waals surface area contributed by atoms with Crippen LogP contribution in [0.15, 0.2) is 53.7 Å². The molecule has 0 N–H and O–H groups in total. The molecule has 4 nitrogen and oxygen atoms in total.